The van der Waals surface area contributed by atoms with Crippen LogP contribution >= 0.6 is 0 Å². The Hall–Kier alpha value is -5.69. The number of benzene rings is 3. The van der Waals surface area contributed by atoms with E-state index in [0.717, 1.165) is 22.4 Å². The molecule has 1 atom stereocenters. The molecule has 1 aliphatic rings. The number of hydrogen-bond donors (Lipinski definition) is 5. The molecule has 47 heavy (non-hydrogen) atoms. The summed E-state index contributed by atoms with van der Waals surface area (Å²) in [6.45, 7) is 8.11. The Bertz CT molecular complexity index is 1780. The average molecular weight is 640 g/mol. The van der Waals surface area contributed by atoms with Crippen LogP contribution in [0.1, 0.15) is 51.5 Å². The Morgan fingerprint density at radius 2 is 1.66 bits per heavy atom. The maximum atomic E-state index is 13.6. The SMILES string of the molecule is Cc1ccc(ON[C@H](CNC(=O)c2cc3n(n2)CCN(C(C)(C)c2ccc(NC(=O)Nc4ccccc4C)cc2)C3=O)C(=O)O)cc1. The summed E-state index contributed by atoms with van der Waals surface area (Å²) in [6.07, 6.45) is 0. The number of fused-ring (bicyclic) bond motifs is 1. The summed E-state index contributed by atoms with van der Waals surface area (Å²) >= 11 is 0. The summed E-state index contributed by atoms with van der Waals surface area (Å²) in [5.74, 6) is -1.72. The standard InChI is InChI=1S/C34H37N7O6/c1-21-9-15-25(16-10-21)47-39-28(32(44)45)20-35-30(42)27-19-29-31(43)40(17-18-41(29)38-27)34(3,4)23-11-13-24(14-12-23)36-33(46)37-26-8-6-5-7-22(26)2/h5-16,19,28,39H,17-18,20H2,1-4H3,(H,35,42)(H,44,45)(H2,36,37,46)/t28-/m1/s1. The number of aromatic nitrogens is 2. The van der Waals surface area contributed by atoms with Crippen LogP contribution in [0.2, 0.25) is 0 Å². The van der Waals surface area contributed by atoms with Gasteiger partial charge in [0.1, 0.15) is 11.4 Å². The maximum absolute atomic E-state index is 13.6. The number of amides is 4. The highest BCUT2D eigenvalue weighted by molar-refractivity contribution is 6.00. The zero-order valence-corrected chi connectivity index (χ0v) is 26.5. The van der Waals surface area contributed by atoms with Crippen molar-refractivity contribution < 1.29 is 29.1 Å². The van der Waals surface area contributed by atoms with Gasteiger partial charge in [-0.2, -0.15) is 5.10 Å². The van der Waals surface area contributed by atoms with Crippen molar-refractivity contribution in [2.75, 3.05) is 23.7 Å². The van der Waals surface area contributed by atoms with Crippen molar-refractivity contribution in [3.05, 3.63) is 107 Å². The van der Waals surface area contributed by atoms with Crippen LogP contribution in [0.3, 0.4) is 0 Å². The van der Waals surface area contributed by atoms with Gasteiger partial charge in [-0.05, 0) is 69.2 Å². The van der Waals surface area contributed by atoms with E-state index in [-0.39, 0.29) is 29.9 Å². The monoisotopic (exact) mass is 639 g/mol. The molecule has 0 saturated carbocycles. The van der Waals surface area contributed by atoms with Gasteiger partial charge in [0, 0.05) is 30.5 Å². The van der Waals surface area contributed by atoms with Crippen molar-refractivity contribution >= 4 is 35.2 Å². The smallest absolute Gasteiger partial charge is 0.325 e. The number of urea groups is 1. The summed E-state index contributed by atoms with van der Waals surface area (Å²) in [5, 5.41) is 22.1. The highest BCUT2D eigenvalue weighted by Gasteiger charge is 2.38. The van der Waals surface area contributed by atoms with Crippen molar-refractivity contribution in [1.29, 1.82) is 0 Å². The lowest BCUT2D eigenvalue weighted by Gasteiger charge is -2.41. The van der Waals surface area contributed by atoms with Crippen LogP contribution in [-0.2, 0) is 16.9 Å². The third-order valence-electron chi connectivity index (χ3n) is 8.03. The topological polar surface area (TPSA) is 167 Å². The fourth-order valence-electron chi connectivity index (χ4n) is 5.16. The molecule has 244 valence electrons. The van der Waals surface area contributed by atoms with E-state index in [1.807, 2.05) is 76.2 Å². The number of hydroxylamine groups is 1. The number of aliphatic carboxylic acids is 1. The molecule has 4 aromatic rings. The summed E-state index contributed by atoms with van der Waals surface area (Å²) in [6, 6.07) is 21.6. The molecular weight excluding hydrogens is 602 g/mol. The molecule has 0 bridgehead atoms. The Labute approximate surface area is 271 Å². The molecule has 3 aromatic carbocycles. The molecule has 0 saturated heterocycles. The van der Waals surface area contributed by atoms with E-state index in [4.69, 9.17) is 4.84 Å². The van der Waals surface area contributed by atoms with Crippen molar-refractivity contribution in [3.63, 3.8) is 0 Å². The van der Waals surface area contributed by atoms with Gasteiger partial charge in [0.2, 0.25) is 0 Å². The van der Waals surface area contributed by atoms with Crippen LogP contribution in [0, 0.1) is 13.8 Å². The van der Waals surface area contributed by atoms with Gasteiger partial charge in [-0.15, -0.1) is 5.48 Å². The minimum atomic E-state index is -1.24. The number of hydrogen-bond acceptors (Lipinski definition) is 7. The first-order valence-corrected chi connectivity index (χ1v) is 15.1. The van der Waals surface area contributed by atoms with Gasteiger partial charge in [-0.25, -0.2) is 4.79 Å². The number of aryl methyl sites for hydroxylation is 2. The Morgan fingerprint density at radius 3 is 2.34 bits per heavy atom. The lowest BCUT2D eigenvalue weighted by Crippen LogP contribution is -2.50. The second kappa shape index (κ2) is 13.7. The molecule has 2 heterocycles. The number of rotatable bonds is 11. The molecule has 1 aromatic heterocycles. The number of para-hydroxylation sites is 1. The molecule has 5 N–H and O–H groups in total. The lowest BCUT2D eigenvalue weighted by atomic mass is 9.91. The Morgan fingerprint density at radius 1 is 0.957 bits per heavy atom. The average Bonchev–Trinajstić information content (AvgIpc) is 3.49. The number of anilines is 2. The highest BCUT2D eigenvalue weighted by atomic mass is 16.6. The van der Waals surface area contributed by atoms with Crippen LogP contribution in [0.25, 0.3) is 0 Å². The largest absolute Gasteiger partial charge is 0.480 e. The van der Waals surface area contributed by atoms with Crippen LogP contribution in [0.5, 0.6) is 5.75 Å². The maximum Gasteiger partial charge on any atom is 0.325 e. The van der Waals surface area contributed by atoms with Crippen LogP contribution in [0.4, 0.5) is 16.2 Å². The molecular formula is C34H37N7O6. The van der Waals surface area contributed by atoms with Gasteiger partial charge in [0.25, 0.3) is 11.8 Å². The quantitative estimate of drug-likeness (QED) is 0.152. The van der Waals surface area contributed by atoms with E-state index in [0.29, 0.717) is 24.5 Å². The van der Waals surface area contributed by atoms with Gasteiger partial charge in [0.15, 0.2) is 11.7 Å². The number of nitrogens with zero attached hydrogens (tertiary/aromatic N) is 3. The first kappa shape index (κ1) is 32.7. The van der Waals surface area contributed by atoms with Crippen molar-refractivity contribution in [2.45, 2.75) is 45.8 Å². The second-order valence-electron chi connectivity index (χ2n) is 11.8. The summed E-state index contributed by atoms with van der Waals surface area (Å²) in [7, 11) is 0. The number of nitrogens with one attached hydrogen (secondary N) is 4. The van der Waals surface area contributed by atoms with Crippen molar-refractivity contribution in [1.82, 2.24) is 25.5 Å². The number of carbonyl (C=O) groups excluding carboxylic acids is 3. The van der Waals surface area contributed by atoms with Crippen molar-refractivity contribution in [3.8, 4) is 5.75 Å². The molecule has 0 fully saturated rings. The highest BCUT2D eigenvalue weighted by Crippen LogP contribution is 2.32. The van der Waals surface area contributed by atoms with Gasteiger partial charge in [-0.3, -0.25) is 19.1 Å². The summed E-state index contributed by atoms with van der Waals surface area (Å²) < 4.78 is 1.48. The van der Waals surface area contributed by atoms with Crippen LogP contribution in [0.15, 0.2) is 78.9 Å². The number of carboxylic acid groups (broad SMARTS) is 1. The third kappa shape index (κ3) is 7.59. The van der Waals surface area contributed by atoms with E-state index >= 15 is 0 Å². The van der Waals surface area contributed by atoms with Gasteiger partial charge < -0.3 is 30.8 Å². The van der Waals surface area contributed by atoms with Crippen LogP contribution < -0.4 is 26.3 Å². The fraction of sp³-hybridized carbons (Fsp3) is 0.265. The second-order valence-corrected chi connectivity index (χ2v) is 11.8. The minimum absolute atomic E-state index is 0.00371. The lowest BCUT2D eigenvalue weighted by molar-refractivity contribution is -0.141. The Balaban J connectivity index is 1.19. The van der Waals surface area contributed by atoms with E-state index in [9.17, 15) is 24.3 Å². The predicted octanol–water partition coefficient (Wildman–Crippen LogP) is 4.30. The molecule has 13 nitrogen and oxygen atoms in total. The van der Waals surface area contributed by atoms with Crippen LogP contribution in [-0.4, -0.2) is 62.7 Å². The predicted molar refractivity (Wildman–Crippen MR) is 175 cm³/mol. The van der Waals surface area contributed by atoms with E-state index in [1.165, 1.54) is 10.7 Å². The molecule has 0 radical (unpaired) electrons. The van der Waals surface area contributed by atoms with Crippen molar-refractivity contribution in [2.24, 2.45) is 0 Å². The van der Waals surface area contributed by atoms with E-state index < -0.39 is 23.5 Å². The number of carboxylic acids is 1. The zero-order valence-electron chi connectivity index (χ0n) is 26.5. The normalized spacial score (nSPS) is 13.4. The van der Waals surface area contributed by atoms with Gasteiger partial charge in [-0.1, -0.05) is 48.0 Å². The molecule has 1 aliphatic heterocycles. The summed E-state index contributed by atoms with van der Waals surface area (Å²) in [4.78, 5) is 57.9. The third-order valence-corrected chi connectivity index (χ3v) is 8.03. The molecule has 5 rings (SSSR count). The number of carbonyl (C=O) groups is 4. The van der Waals surface area contributed by atoms with Gasteiger partial charge >= 0.3 is 12.0 Å². The molecule has 0 spiro atoms. The van der Waals surface area contributed by atoms with E-state index in [1.54, 1.807) is 29.2 Å². The molecule has 0 unspecified atom stereocenters. The summed E-state index contributed by atoms with van der Waals surface area (Å²) in [5.41, 5.74) is 6.10. The first-order chi connectivity index (χ1) is 22.4. The van der Waals surface area contributed by atoms with E-state index in [2.05, 4.69) is 26.5 Å². The Kier molecular flexibility index (Phi) is 9.56. The fourth-order valence-corrected chi connectivity index (χ4v) is 5.16. The molecule has 0 aliphatic carbocycles. The minimum Gasteiger partial charge on any atom is -0.480 e. The first-order valence-electron chi connectivity index (χ1n) is 15.1. The van der Waals surface area contributed by atoms with Gasteiger partial charge in [0.05, 0.1) is 12.1 Å². The zero-order chi connectivity index (χ0) is 33.7. The molecule has 13 heteroatoms. The molecule has 4 amide bonds.